The lowest BCUT2D eigenvalue weighted by Gasteiger charge is -2.25. The fourth-order valence-electron chi connectivity index (χ4n) is 1.64. The Morgan fingerprint density at radius 1 is 1.50 bits per heavy atom. The molecule has 1 aromatic rings. The largest absolute Gasteiger partial charge is 0.391 e. The number of rotatable bonds is 2. The molecule has 4 heteroatoms. The summed E-state index contributed by atoms with van der Waals surface area (Å²) in [5, 5.41) is 13.8. The van der Waals surface area contributed by atoms with Crippen LogP contribution in [0.2, 0.25) is 0 Å². The van der Waals surface area contributed by atoms with Crippen molar-refractivity contribution in [1.82, 2.24) is 5.32 Å². The molecule has 86 valence electrons. The van der Waals surface area contributed by atoms with Crippen molar-refractivity contribution in [2.24, 2.45) is 4.99 Å². The van der Waals surface area contributed by atoms with E-state index in [0.29, 0.717) is 6.67 Å². The van der Waals surface area contributed by atoms with Crippen molar-refractivity contribution < 1.29 is 5.11 Å². The number of thioether (sulfide) groups is 1. The average Bonchev–Trinajstić information content (AvgIpc) is 2.30. The Bertz CT molecular complexity index is 404. The van der Waals surface area contributed by atoms with E-state index in [9.17, 15) is 5.11 Å². The second-order valence-corrected chi connectivity index (χ2v) is 5.05. The Kier molecular flexibility index (Phi) is 3.63. The molecule has 1 aliphatic rings. The van der Waals surface area contributed by atoms with Gasteiger partial charge in [0, 0.05) is 5.56 Å². The van der Waals surface area contributed by atoms with Crippen molar-refractivity contribution in [2.75, 3.05) is 6.67 Å². The van der Waals surface area contributed by atoms with E-state index < -0.39 is 0 Å². The van der Waals surface area contributed by atoms with Crippen molar-refractivity contribution in [3.63, 3.8) is 0 Å². The van der Waals surface area contributed by atoms with Crippen LogP contribution in [0.15, 0.2) is 29.3 Å². The Morgan fingerprint density at radius 2 is 2.25 bits per heavy atom. The predicted octanol–water partition coefficient (Wildman–Crippen LogP) is 1.74. The smallest absolute Gasteiger partial charge is 0.101 e. The predicted molar refractivity (Wildman–Crippen MR) is 68.8 cm³/mol. The molecule has 0 aliphatic carbocycles. The normalized spacial score (nSPS) is 22.7. The van der Waals surface area contributed by atoms with Crippen LogP contribution < -0.4 is 5.32 Å². The quantitative estimate of drug-likeness (QED) is 0.822. The number of benzene rings is 1. The summed E-state index contributed by atoms with van der Waals surface area (Å²) in [5.41, 5.74) is 2.39. The van der Waals surface area contributed by atoms with Crippen LogP contribution in [0.1, 0.15) is 18.1 Å². The second-order valence-electron chi connectivity index (χ2n) is 3.92. The molecule has 1 aromatic carbocycles. The SMILES string of the molecule is Cc1ccccc1C1=NCNC([C@@H](C)O)S1. The molecule has 0 radical (unpaired) electrons. The number of hydrogen-bond donors (Lipinski definition) is 2. The van der Waals surface area contributed by atoms with Crippen LogP contribution in [0.5, 0.6) is 0 Å². The molecule has 0 saturated heterocycles. The molecule has 0 aromatic heterocycles. The summed E-state index contributed by atoms with van der Waals surface area (Å²) >= 11 is 1.60. The molecule has 0 fully saturated rings. The van der Waals surface area contributed by atoms with Gasteiger partial charge in [-0.2, -0.15) is 0 Å². The molecule has 2 rings (SSSR count). The molecule has 2 atom stereocenters. The molecular formula is C12H16N2OS. The number of aliphatic imine (C=N–C) groups is 1. The topological polar surface area (TPSA) is 44.6 Å². The lowest BCUT2D eigenvalue weighted by Crippen LogP contribution is -2.39. The molecule has 1 unspecified atom stereocenters. The first-order valence-electron chi connectivity index (χ1n) is 5.37. The first kappa shape index (κ1) is 11.6. The van der Waals surface area contributed by atoms with Gasteiger partial charge in [0.1, 0.15) is 5.04 Å². The number of nitrogens with one attached hydrogen (secondary N) is 1. The van der Waals surface area contributed by atoms with Crippen LogP contribution in [-0.2, 0) is 0 Å². The molecule has 16 heavy (non-hydrogen) atoms. The summed E-state index contributed by atoms with van der Waals surface area (Å²) in [6.45, 7) is 4.45. The Morgan fingerprint density at radius 3 is 2.94 bits per heavy atom. The average molecular weight is 236 g/mol. The van der Waals surface area contributed by atoms with Crippen molar-refractivity contribution in [3.8, 4) is 0 Å². The molecule has 2 N–H and O–H groups in total. The highest BCUT2D eigenvalue weighted by Gasteiger charge is 2.22. The maximum atomic E-state index is 9.57. The fourth-order valence-corrected chi connectivity index (χ4v) is 2.73. The second kappa shape index (κ2) is 4.99. The van der Waals surface area contributed by atoms with Crippen LogP contribution in [0.3, 0.4) is 0 Å². The lowest BCUT2D eigenvalue weighted by atomic mass is 10.1. The zero-order chi connectivity index (χ0) is 11.5. The fraction of sp³-hybridized carbons (Fsp3) is 0.417. The van der Waals surface area contributed by atoms with Gasteiger partial charge in [-0.15, -0.1) is 0 Å². The van der Waals surface area contributed by atoms with E-state index in [2.05, 4.69) is 29.4 Å². The van der Waals surface area contributed by atoms with E-state index in [1.54, 1.807) is 18.7 Å². The van der Waals surface area contributed by atoms with E-state index in [1.807, 2.05) is 12.1 Å². The Balaban J connectivity index is 2.22. The summed E-state index contributed by atoms with van der Waals surface area (Å²) in [5.74, 6) is 0. The number of hydrogen-bond acceptors (Lipinski definition) is 4. The highest BCUT2D eigenvalue weighted by atomic mass is 32.2. The number of aryl methyl sites for hydroxylation is 1. The van der Waals surface area contributed by atoms with Gasteiger partial charge in [0.15, 0.2) is 0 Å². The van der Waals surface area contributed by atoms with Gasteiger partial charge in [0.25, 0.3) is 0 Å². The van der Waals surface area contributed by atoms with Crippen LogP contribution in [0, 0.1) is 6.92 Å². The summed E-state index contributed by atoms with van der Waals surface area (Å²) in [4.78, 5) is 4.45. The van der Waals surface area contributed by atoms with Gasteiger partial charge in [-0.05, 0) is 19.4 Å². The molecule has 0 saturated carbocycles. The summed E-state index contributed by atoms with van der Waals surface area (Å²) in [6, 6.07) is 8.20. The molecular weight excluding hydrogens is 220 g/mol. The van der Waals surface area contributed by atoms with Crippen LogP contribution in [-0.4, -0.2) is 28.3 Å². The third-order valence-electron chi connectivity index (χ3n) is 2.57. The van der Waals surface area contributed by atoms with Crippen LogP contribution in [0.25, 0.3) is 0 Å². The van der Waals surface area contributed by atoms with Gasteiger partial charge >= 0.3 is 0 Å². The van der Waals surface area contributed by atoms with Crippen LogP contribution in [0.4, 0.5) is 0 Å². The number of aliphatic hydroxyl groups excluding tert-OH is 1. The molecule has 0 amide bonds. The highest BCUT2D eigenvalue weighted by Crippen LogP contribution is 2.24. The monoisotopic (exact) mass is 236 g/mol. The number of aliphatic hydroxyl groups is 1. The zero-order valence-corrected chi connectivity index (χ0v) is 10.3. The minimum absolute atomic E-state index is 0.0344. The highest BCUT2D eigenvalue weighted by molar-refractivity contribution is 8.15. The van der Waals surface area contributed by atoms with Crippen molar-refractivity contribution in [1.29, 1.82) is 0 Å². The Labute approximate surface area is 100.0 Å². The molecule has 1 heterocycles. The van der Waals surface area contributed by atoms with Crippen LogP contribution >= 0.6 is 11.8 Å². The van der Waals surface area contributed by atoms with Gasteiger partial charge in [-0.3, -0.25) is 10.3 Å². The minimum atomic E-state index is -0.375. The first-order valence-corrected chi connectivity index (χ1v) is 6.25. The summed E-state index contributed by atoms with van der Waals surface area (Å²) in [6.07, 6.45) is -0.375. The third kappa shape index (κ3) is 2.45. The van der Waals surface area contributed by atoms with Gasteiger partial charge in [-0.25, -0.2) is 0 Å². The Hall–Kier alpha value is -0.840. The lowest BCUT2D eigenvalue weighted by molar-refractivity contribution is 0.179. The van der Waals surface area contributed by atoms with Gasteiger partial charge in [0.2, 0.25) is 0 Å². The summed E-state index contributed by atoms with van der Waals surface area (Å²) in [7, 11) is 0. The van der Waals surface area contributed by atoms with Gasteiger partial charge in [-0.1, -0.05) is 36.0 Å². The molecule has 1 aliphatic heterocycles. The maximum Gasteiger partial charge on any atom is 0.101 e. The van der Waals surface area contributed by atoms with Crippen molar-refractivity contribution in [2.45, 2.75) is 25.3 Å². The molecule has 0 spiro atoms. The standard InChI is InChI=1S/C12H16N2OS/c1-8-5-3-4-6-10(8)12-14-7-13-11(16-12)9(2)15/h3-6,9,11,13,15H,7H2,1-2H3/t9-,11?/m1/s1. The maximum absolute atomic E-state index is 9.57. The zero-order valence-electron chi connectivity index (χ0n) is 9.47. The van der Waals surface area contributed by atoms with Gasteiger partial charge < -0.3 is 5.11 Å². The van der Waals surface area contributed by atoms with Gasteiger partial charge in [0.05, 0.1) is 18.1 Å². The van der Waals surface area contributed by atoms with E-state index in [0.717, 1.165) is 5.04 Å². The summed E-state index contributed by atoms with van der Waals surface area (Å²) < 4.78 is 0. The van der Waals surface area contributed by atoms with E-state index in [4.69, 9.17) is 0 Å². The van der Waals surface area contributed by atoms with E-state index in [-0.39, 0.29) is 11.5 Å². The number of nitrogens with zero attached hydrogens (tertiary/aromatic N) is 1. The van der Waals surface area contributed by atoms with E-state index >= 15 is 0 Å². The van der Waals surface area contributed by atoms with E-state index in [1.165, 1.54) is 11.1 Å². The molecule has 0 bridgehead atoms. The third-order valence-corrected chi connectivity index (χ3v) is 3.95. The minimum Gasteiger partial charge on any atom is -0.391 e. The van der Waals surface area contributed by atoms with Crippen molar-refractivity contribution in [3.05, 3.63) is 35.4 Å². The van der Waals surface area contributed by atoms with Crippen molar-refractivity contribution >= 4 is 16.8 Å². The first-order chi connectivity index (χ1) is 7.68. The molecule has 3 nitrogen and oxygen atoms in total.